The fourth-order valence-electron chi connectivity index (χ4n) is 2.00. The van der Waals surface area contributed by atoms with E-state index in [0.29, 0.717) is 13.2 Å². The Morgan fingerprint density at radius 1 is 0.952 bits per heavy atom. The highest BCUT2D eigenvalue weighted by Crippen LogP contribution is 2.29. The first-order chi connectivity index (χ1) is 10.2. The van der Waals surface area contributed by atoms with Gasteiger partial charge >= 0.3 is 0 Å². The summed E-state index contributed by atoms with van der Waals surface area (Å²) in [5.41, 5.74) is 2.24. The predicted molar refractivity (Wildman–Crippen MR) is 86.2 cm³/mol. The third kappa shape index (κ3) is 4.66. The molecule has 0 atom stereocenters. The van der Waals surface area contributed by atoms with Gasteiger partial charge < -0.3 is 14.8 Å². The number of rotatable bonds is 7. The molecule has 4 heteroatoms. The van der Waals surface area contributed by atoms with E-state index in [2.05, 4.69) is 5.32 Å². The van der Waals surface area contributed by atoms with Gasteiger partial charge in [0, 0.05) is 11.6 Å². The van der Waals surface area contributed by atoms with Crippen molar-refractivity contribution < 1.29 is 9.47 Å². The van der Waals surface area contributed by atoms with Crippen LogP contribution in [0.2, 0.25) is 5.02 Å². The molecule has 0 fully saturated rings. The number of hydrogen-bond acceptors (Lipinski definition) is 3. The Balaban J connectivity index is 2.09. The van der Waals surface area contributed by atoms with Crippen LogP contribution in [-0.2, 0) is 13.2 Å². The second-order valence-electron chi connectivity index (χ2n) is 4.66. The van der Waals surface area contributed by atoms with Crippen LogP contribution in [0.5, 0.6) is 11.5 Å². The van der Waals surface area contributed by atoms with Crippen LogP contribution in [-0.4, -0.2) is 13.7 Å². The van der Waals surface area contributed by atoms with Gasteiger partial charge in [0.2, 0.25) is 0 Å². The molecule has 0 spiro atoms. The maximum atomic E-state index is 5.88. The molecule has 0 saturated heterocycles. The second kappa shape index (κ2) is 7.91. The van der Waals surface area contributed by atoms with E-state index in [1.54, 1.807) is 0 Å². The van der Waals surface area contributed by atoms with Gasteiger partial charge in [0.05, 0.1) is 6.61 Å². The minimum absolute atomic E-state index is 0.489. The van der Waals surface area contributed by atoms with Crippen molar-refractivity contribution in [2.75, 3.05) is 13.7 Å². The van der Waals surface area contributed by atoms with Gasteiger partial charge in [0.15, 0.2) is 11.5 Å². The van der Waals surface area contributed by atoms with Gasteiger partial charge in [-0.25, -0.2) is 0 Å². The molecule has 0 aliphatic heterocycles. The summed E-state index contributed by atoms with van der Waals surface area (Å²) in [7, 11) is 1.92. The van der Waals surface area contributed by atoms with Gasteiger partial charge in [-0.15, -0.1) is 0 Å². The van der Waals surface area contributed by atoms with Gasteiger partial charge in [0.25, 0.3) is 0 Å². The fraction of sp³-hybridized carbons (Fsp3) is 0.294. The lowest BCUT2D eigenvalue weighted by Gasteiger charge is -2.13. The SMILES string of the molecule is CCOc1cc(CNC)ccc1OCc1ccc(Cl)cc1. The zero-order valence-corrected chi connectivity index (χ0v) is 13.1. The van der Waals surface area contributed by atoms with Crippen molar-refractivity contribution in [1.29, 1.82) is 0 Å². The second-order valence-corrected chi connectivity index (χ2v) is 5.10. The maximum Gasteiger partial charge on any atom is 0.161 e. The summed E-state index contributed by atoms with van der Waals surface area (Å²) in [6.07, 6.45) is 0. The summed E-state index contributed by atoms with van der Waals surface area (Å²) >= 11 is 5.88. The lowest BCUT2D eigenvalue weighted by atomic mass is 10.2. The van der Waals surface area contributed by atoms with Crippen LogP contribution in [0.3, 0.4) is 0 Å². The molecule has 0 aromatic heterocycles. The minimum Gasteiger partial charge on any atom is -0.490 e. The topological polar surface area (TPSA) is 30.5 Å². The number of benzene rings is 2. The van der Waals surface area contributed by atoms with Crippen molar-refractivity contribution in [3.05, 3.63) is 58.6 Å². The van der Waals surface area contributed by atoms with Gasteiger partial charge in [-0.2, -0.15) is 0 Å². The Morgan fingerprint density at radius 2 is 1.67 bits per heavy atom. The number of hydrogen-bond donors (Lipinski definition) is 1. The van der Waals surface area contributed by atoms with E-state index in [0.717, 1.165) is 28.6 Å². The molecule has 0 saturated carbocycles. The first-order valence-electron chi connectivity index (χ1n) is 7.00. The zero-order valence-electron chi connectivity index (χ0n) is 12.4. The van der Waals surface area contributed by atoms with Crippen molar-refractivity contribution in [1.82, 2.24) is 5.32 Å². The van der Waals surface area contributed by atoms with E-state index >= 15 is 0 Å². The number of halogens is 1. The van der Waals surface area contributed by atoms with Crippen LogP contribution in [0.15, 0.2) is 42.5 Å². The Kier molecular flexibility index (Phi) is 5.90. The molecule has 21 heavy (non-hydrogen) atoms. The first kappa shape index (κ1) is 15.7. The summed E-state index contributed by atoms with van der Waals surface area (Å²) in [5.74, 6) is 1.53. The minimum atomic E-state index is 0.489. The third-order valence-corrected chi connectivity index (χ3v) is 3.25. The van der Waals surface area contributed by atoms with Crippen molar-refractivity contribution >= 4 is 11.6 Å². The molecule has 0 heterocycles. The number of ether oxygens (including phenoxy) is 2. The van der Waals surface area contributed by atoms with E-state index < -0.39 is 0 Å². The van der Waals surface area contributed by atoms with Gasteiger partial charge in [-0.05, 0) is 49.4 Å². The molecule has 3 nitrogen and oxygen atoms in total. The monoisotopic (exact) mass is 305 g/mol. The molecule has 0 amide bonds. The zero-order chi connectivity index (χ0) is 15.1. The lowest BCUT2D eigenvalue weighted by Crippen LogP contribution is -2.06. The van der Waals surface area contributed by atoms with Crippen molar-refractivity contribution in [3.63, 3.8) is 0 Å². The van der Waals surface area contributed by atoms with Gasteiger partial charge in [-0.3, -0.25) is 0 Å². The van der Waals surface area contributed by atoms with E-state index in [9.17, 15) is 0 Å². The van der Waals surface area contributed by atoms with Crippen LogP contribution < -0.4 is 14.8 Å². The molecule has 2 rings (SSSR count). The van der Waals surface area contributed by atoms with E-state index in [1.807, 2.05) is 56.4 Å². The summed E-state index contributed by atoms with van der Waals surface area (Å²) in [5, 5.41) is 3.85. The maximum absolute atomic E-state index is 5.88. The van der Waals surface area contributed by atoms with E-state index in [-0.39, 0.29) is 0 Å². The average molecular weight is 306 g/mol. The summed E-state index contributed by atoms with van der Waals surface area (Å²) < 4.78 is 11.5. The molecular weight excluding hydrogens is 286 g/mol. The summed E-state index contributed by atoms with van der Waals surface area (Å²) in [4.78, 5) is 0. The van der Waals surface area contributed by atoms with Gasteiger partial charge in [0.1, 0.15) is 6.61 Å². The van der Waals surface area contributed by atoms with Crippen molar-refractivity contribution in [2.24, 2.45) is 0 Å². The Morgan fingerprint density at radius 3 is 2.33 bits per heavy atom. The van der Waals surface area contributed by atoms with Crippen LogP contribution in [0, 0.1) is 0 Å². The highest BCUT2D eigenvalue weighted by Gasteiger charge is 2.07. The molecule has 1 N–H and O–H groups in total. The largest absolute Gasteiger partial charge is 0.490 e. The molecule has 0 aliphatic carbocycles. The molecule has 2 aromatic rings. The normalized spacial score (nSPS) is 10.4. The first-order valence-corrected chi connectivity index (χ1v) is 7.38. The van der Waals surface area contributed by atoms with Crippen LogP contribution >= 0.6 is 11.6 Å². The molecule has 0 unspecified atom stereocenters. The van der Waals surface area contributed by atoms with E-state index in [4.69, 9.17) is 21.1 Å². The smallest absolute Gasteiger partial charge is 0.161 e. The molecule has 2 aromatic carbocycles. The van der Waals surface area contributed by atoms with E-state index in [1.165, 1.54) is 5.56 Å². The average Bonchev–Trinajstić information content (AvgIpc) is 2.49. The standard InChI is InChI=1S/C17H20ClNO2/c1-3-20-17-10-14(11-19-2)6-9-16(17)21-12-13-4-7-15(18)8-5-13/h4-10,19H,3,11-12H2,1-2H3. The Labute approximate surface area is 130 Å². The molecule has 0 bridgehead atoms. The van der Waals surface area contributed by atoms with Crippen LogP contribution in [0.25, 0.3) is 0 Å². The van der Waals surface area contributed by atoms with Gasteiger partial charge in [-0.1, -0.05) is 29.8 Å². The van der Waals surface area contributed by atoms with Crippen molar-refractivity contribution in [2.45, 2.75) is 20.1 Å². The number of nitrogens with one attached hydrogen (secondary N) is 1. The van der Waals surface area contributed by atoms with Crippen LogP contribution in [0.1, 0.15) is 18.1 Å². The summed E-state index contributed by atoms with van der Waals surface area (Å²) in [6, 6.07) is 13.6. The quantitative estimate of drug-likeness (QED) is 0.837. The molecule has 0 aliphatic rings. The molecule has 112 valence electrons. The highest BCUT2D eigenvalue weighted by molar-refractivity contribution is 6.30. The molecule has 0 radical (unpaired) electrons. The van der Waals surface area contributed by atoms with Crippen LogP contribution in [0.4, 0.5) is 0 Å². The predicted octanol–water partition coefficient (Wildman–Crippen LogP) is 4.04. The lowest BCUT2D eigenvalue weighted by molar-refractivity contribution is 0.269. The highest BCUT2D eigenvalue weighted by atomic mass is 35.5. The Hall–Kier alpha value is -1.71. The Bertz CT molecular complexity index is 570. The van der Waals surface area contributed by atoms with Crippen molar-refractivity contribution in [3.8, 4) is 11.5 Å². The summed E-state index contributed by atoms with van der Waals surface area (Å²) in [6.45, 7) is 3.87. The fourth-order valence-corrected chi connectivity index (χ4v) is 2.12. The molecular formula is C17H20ClNO2. The third-order valence-electron chi connectivity index (χ3n) is 3.00.